The van der Waals surface area contributed by atoms with Crippen molar-refractivity contribution in [3.05, 3.63) is 35.9 Å². The number of hydrogen-bond donors (Lipinski definition) is 2. The van der Waals surface area contributed by atoms with Gasteiger partial charge in [0.1, 0.15) is 0 Å². The van der Waals surface area contributed by atoms with Gasteiger partial charge in [-0.1, -0.05) is 30.3 Å². The second kappa shape index (κ2) is 13.6. The van der Waals surface area contributed by atoms with Crippen molar-refractivity contribution in [1.29, 1.82) is 0 Å². The van der Waals surface area contributed by atoms with Crippen LogP contribution in [-0.4, -0.2) is 99.3 Å². The molecule has 0 unspecified atom stereocenters. The Hall–Kier alpha value is -1.67. The van der Waals surface area contributed by atoms with Gasteiger partial charge in [0, 0.05) is 65.4 Å². The highest BCUT2D eigenvalue weighted by Crippen LogP contribution is 2.09. The Morgan fingerprint density at radius 3 is 2.30 bits per heavy atom. The van der Waals surface area contributed by atoms with Crippen LogP contribution < -0.4 is 11.1 Å². The lowest BCUT2D eigenvalue weighted by molar-refractivity contribution is 0.0377. The van der Waals surface area contributed by atoms with Crippen molar-refractivity contribution < 1.29 is 4.74 Å². The number of nitrogens with two attached hydrogens (primary N) is 1. The summed E-state index contributed by atoms with van der Waals surface area (Å²) in [5, 5.41) is 3.26. The number of guanidine groups is 1. The number of benzene rings is 1. The van der Waals surface area contributed by atoms with E-state index >= 15 is 0 Å². The van der Waals surface area contributed by atoms with E-state index in [1.54, 1.807) is 0 Å². The Morgan fingerprint density at radius 1 is 0.867 bits per heavy atom. The van der Waals surface area contributed by atoms with Crippen LogP contribution in [-0.2, 0) is 11.3 Å². The van der Waals surface area contributed by atoms with E-state index in [0.717, 1.165) is 78.4 Å². The van der Waals surface area contributed by atoms with Gasteiger partial charge in [0.2, 0.25) is 0 Å². The summed E-state index contributed by atoms with van der Waals surface area (Å²) < 4.78 is 5.37. The van der Waals surface area contributed by atoms with Crippen LogP contribution in [0.1, 0.15) is 24.8 Å². The smallest absolute Gasteiger partial charge is 0.188 e. The number of ether oxygens (including phenoxy) is 1. The van der Waals surface area contributed by atoms with Crippen LogP contribution in [0.2, 0.25) is 0 Å². The van der Waals surface area contributed by atoms with Gasteiger partial charge in [-0.2, -0.15) is 0 Å². The summed E-state index contributed by atoms with van der Waals surface area (Å²) in [4.78, 5) is 12.0. The van der Waals surface area contributed by atoms with Crippen molar-refractivity contribution in [1.82, 2.24) is 20.0 Å². The molecule has 1 aromatic rings. The van der Waals surface area contributed by atoms with E-state index in [2.05, 4.69) is 55.3 Å². The van der Waals surface area contributed by atoms with E-state index in [9.17, 15) is 0 Å². The van der Waals surface area contributed by atoms with Gasteiger partial charge in [0.05, 0.1) is 13.2 Å². The molecule has 0 amide bonds. The molecule has 3 N–H and O–H groups in total. The molecule has 1 aromatic carbocycles. The minimum atomic E-state index is 0.589. The molecule has 0 bridgehead atoms. The maximum absolute atomic E-state index is 5.99. The van der Waals surface area contributed by atoms with Gasteiger partial charge in [-0.15, -0.1) is 0 Å². The Kier molecular flexibility index (Phi) is 10.4. The number of aliphatic imine (C=N–C) groups is 1. The maximum atomic E-state index is 5.99. The molecule has 2 heterocycles. The fraction of sp³-hybridized carbons (Fsp3) is 0.696. The summed E-state index contributed by atoms with van der Waals surface area (Å²) in [5.74, 6) is 0.589. The normalized spacial score (nSPS) is 19.8. The molecule has 7 heteroatoms. The summed E-state index contributed by atoms with van der Waals surface area (Å²) >= 11 is 0. The zero-order valence-corrected chi connectivity index (χ0v) is 18.5. The van der Waals surface area contributed by atoms with Crippen LogP contribution in [0.3, 0.4) is 0 Å². The third-order valence-corrected chi connectivity index (χ3v) is 5.94. The molecular weight excluding hydrogens is 376 g/mol. The number of hydrogen-bond acceptors (Lipinski definition) is 5. The SMILES string of the molecule is NC(=NCCCN1CCOCC1)NCCCCN1CCN(Cc2ccccc2)CC1. The summed E-state index contributed by atoms with van der Waals surface area (Å²) in [7, 11) is 0. The first-order chi connectivity index (χ1) is 14.8. The van der Waals surface area contributed by atoms with E-state index in [1.807, 2.05) is 0 Å². The van der Waals surface area contributed by atoms with Crippen molar-refractivity contribution >= 4 is 5.96 Å². The van der Waals surface area contributed by atoms with Crippen molar-refractivity contribution in [2.45, 2.75) is 25.8 Å². The summed E-state index contributed by atoms with van der Waals surface area (Å²) in [6, 6.07) is 10.8. The highest BCUT2D eigenvalue weighted by Gasteiger charge is 2.16. The second-order valence-electron chi connectivity index (χ2n) is 8.31. The van der Waals surface area contributed by atoms with E-state index in [0.29, 0.717) is 5.96 Å². The Balaban J connectivity index is 1.16. The van der Waals surface area contributed by atoms with E-state index in [1.165, 1.54) is 31.6 Å². The number of morpholine rings is 1. The van der Waals surface area contributed by atoms with Crippen LogP contribution in [0, 0.1) is 0 Å². The van der Waals surface area contributed by atoms with Gasteiger partial charge in [-0.3, -0.25) is 14.8 Å². The van der Waals surface area contributed by atoms with Crippen LogP contribution >= 0.6 is 0 Å². The summed E-state index contributed by atoms with van der Waals surface area (Å²) in [6.45, 7) is 13.5. The van der Waals surface area contributed by atoms with Crippen LogP contribution in [0.15, 0.2) is 35.3 Å². The Morgan fingerprint density at radius 2 is 1.53 bits per heavy atom. The molecule has 7 nitrogen and oxygen atoms in total. The first-order valence-electron chi connectivity index (χ1n) is 11.6. The minimum absolute atomic E-state index is 0.589. The lowest BCUT2D eigenvalue weighted by atomic mass is 10.2. The highest BCUT2D eigenvalue weighted by molar-refractivity contribution is 5.77. The van der Waals surface area contributed by atoms with Gasteiger partial charge in [-0.05, 0) is 31.4 Å². The van der Waals surface area contributed by atoms with E-state index in [4.69, 9.17) is 10.5 Å². The predicted octanol–water partition coefficient (Wildman–Crippen LogP) is 1.21. The average molecular weight is 417 g/mol. The molecule has 0 aromatic heterocycles. The largest absolute Gasteiger partial charge is 0.379 e. The molecule has 2 fully saturated rings. The van der Waals surface area contributed by atoms with Crippen molar-refractivity contribution in [2.75, 3.05) is 78.7 Å². The van der Waals surface area contributed by atoms with Crippen molar-refractivity contribution in [3.8, 4) is 0 Å². The van der Waals surface area contributed by atoms with Crippen LogP contribution in [0.25, 0.3) is 0 Å². The second-order valence-corrected chi connectivity index (χ2v) is 8.31. The van der Waals surface area contributed by atoms with Gasteiger partial charge >= 0.3 is 0 Å². The fourth-order valence-electron chi connectivity index (χ4n) is 4.06. The zero-order chi connectivity index (χ0) is 20.9. The van der Waals surface area contributed by atoms with Crippen molar-refractivity contribution in [3.63, 3.8) is 0 Å². The molecule has 0 saturated carbocycles. The molecular formula is C23H40N6O. The third kappa shape index (κ3) is 9.00. The molecule has 0 radical (unpaired) electrons. The van der Waals surface area contributed by atoms with Gasteiger partial charge in [-0.25, -0.2) is 0 Å². The van der Waals surface area contributed by atoms with Gasteiger partial charge < -0.3 is 20.7 Å². The lowest BCUT2D eigenvalue weighted by Gasteiger charge is -2.34. The van der Waals surface area contributed by atoms with Gasteiger partial charge in [0.25, 0.3) is 0 Å². The standard InChI is InChI=1S/C23H40N6O/c24-23(26-10-6-12-28-17-19-30-20-18-28)25-9-4-5-11-27-13-15-29(16-14-27)21-22-7-2-1-3-8-22/h1-3,7-8H,4-6,9-21H2,(H3,24,25,26). The molecule has 2 saturated heterocycles. The summed E-state index contributed by atoms with van der Waals surface area (Å²) in [5.41, 5.74) is 7.40. The molecule has 2 aliphatic heterocycles. The topological polar surface area (TPSA) is 69.4 Å². The molecule has 30 heavy (non-hydrogen) atoms. The molecule has 3 rings (SSSR count). The van der Waals surface area contributed by atoms with Gasteiger partial charge in [0.15, 0.2) is 5.96 Å². The number of nitrogens with one attached hydrogen (secondary N) is 1. The first kappa shape index (κ1) is 23.0. The highest BCUT2D eigenvalue weighted by atomic mass is 16.5. The number of piperazine rings is 1. The zero-order valence-electron chi connectivity index (χ0n) is 18.5. The fourth-order valence-corrected chi connectivity index (χ4v) is 4.06. The molecule has 2 aliphatic rings. The average Bonchev–Trinajstić information content (AvgIpc) is 2.79. The summed E-state index contributed by atoms with van der Waals surface area (Å²) in [6.07, 6.45) is 3.39. The monoisotopic (exact) mass is 416 g/mol. The molecule has 0 atom stereocenters. The van der Waals surface area contributed by atoms with E-state index in [-0.39, 0.29) is 0 Å². The predicted molar refractivity (Wildman–Crippen MR) is 124 cm³/mol. The van der Waals surface area contributed by atoms with E-state index < -0.39 is 0 Å². The lowest BCUT2D eigenvalue weighted by Crippen LogP contribution is -2.46. The maximum Gasteiger partial charge on any atom is 0.188 e. The first-order valence-corrected chi connectivity index (χ1v) is 11.6. The minimum Gasteiger partial charge on any atom is -0.379 e. The molecule has 0 aliphatic carbocycles. The number of nitrogens with zero attached hydrogens (tertiary/aromatic N) is 4. The third-order valence-electron chi connectivity index (χ3n) is 5.94. The Labute approximate surface area is 182 Å². The van der Waals surface area contributed by atoms with Crippen LogP contribution in [0.4, 0.5) is 0 Å². The van der Waals surface area contributed by atoms with Crippen LogP contribution in [0.5, 0.6) is 0 Å². The molecule has 0 spiro atoms. The molecule has 168 valence electrons. The number of rotatable bonds is 11. The van der Waals surface area contributed by atoms with Crippen molar-refractivity contribution in [2.24, 2.45) is 10.7 Å². The number of unbranched alkanes of at least 4 members (excludes halogenated alkanes) is 1. The quantitative estimate of drug-likeness (QED) is 0.321. The Bertz CT molecular complexity index is 597.